The molecule has 3 aromatic rings. The smallest absolute Gasteiger partial charge is 0.236 e. The Labute approximate surface area is 191 Å². The molecule has 0 saturated heterocycles. The standard InChI is InChI=1S/C18H8Br2F7NS2/c19-10-6-11(20)14(12-8-29-15(28-12)9-4-2-1-3-5-9)13(7-10)30-18(26,27)16(21,22)17(23,24)25/h1-8H. The minimum absolute atomic E-state index is 0.0146. The quantitative estimate of drug-likeness (QED) is 0.216. The lowest BCUT2D eigenvalue weighted by molar-refractivity contribution is -0.330. The molecule has 160 valence electrons. The largest absolute Gasteiger partial charge is 0.460 e. The third-order valence-electron chi connectivity index (χ3n) is 3.76. The van der Waals surface area contributed by atoms with Gasteiger partial charge in [0.25, 0.3) is 0 Å². The van der Waals surface area contributed by atoms with Crippen molar-refractivity contribution in [3.63, 3.8) is 0 Å². The number of thioether (sulfide) groups is 1. The molecular formula is C18H8Br2F7NS2. The molecule has 0 spiro atoms. The van der Waals surface area contributed by atoms with Crippen molar-refractivity contribution < 1.29 is 30.7 Å². The van der Waals surface area contributed by atoms with Crippen LogP contribution in [-0.2, 0) is 0 Å². The van der Waals surface area contributed by atoms with Gasteiger partial charge in [0.1, 0.15) is 5.01 Å². The number of hydrogen-bond acceptors (Lipinski definition) is 3. The van der Waals surface area contributed by atoms with Crippen molar-refractivity contribution in [2.45, 2.75) is 22.2 Å². The van der Waals surface area contributed by atoms with Crippen LogP contribution in [0.3, 0.4) is 0 Å². The Kier molecular flexibility index (Phi) is 6.62. The molecule has 0 bridgehead atoms. The van der Waals surface area contributed by atoms with E-state index in [0.29, 0.717) is 5.01 Å². The normalized spacial score (nSPS) is 13.0. The molecule has 0 aliphatic carbocycles. The third-order valence-corrected chi connectivity index (χ3v) is 6.79. The van der Waals surface area contributed by atoms with Gasteiger partial charge in [0.15, 0.2) is 0 Å². The van der Waals surface area contributed by atoms with E-state index in [0.717, 1.165) is 11.6 Å². The zero-order valence-electron chi connectivity index (χ0n) is 14.3. The number of rotatable bonds is 5. The molecule has 0 aliphatic rings. The second-order valence-electron chi connectivity index (χ2n) is 5.86. The van der Waals surface area contributed by atoms with Gasteiger partial charge in [-0.1, -0.05) is 62.2 Å². The first kappa shape index (κ1) is 23.6. The first-order valence-electron chi connectivity index (χ1n) is 7.85. The summed E-state index contributed by atoms with van der Waals surface area (Å²) in [5, 5.41) is -3.40. The molecule has 0 unspecified atom stereocenters. The highest BCUT2D eigenvalue weighted by molar-refractivity contribution is 9.11. The number of nitrogens with zero attached hydrogens (tertiary/aromatic N) is 1. The van der Waals surface area contributed by atoms with E-state index in [9.17, 15) is 30.7 Å². The predicted octanol–water partition coefficient (Wildman–Crippen LogP) is 8.88. The number of halogens is 9. The average Bonchev–Trinajstić information content (AvgIpc) is 3.10. The fourth-order valence-electron chi connectivity index (χ4n) is 2.35. The Morgan fingerprint density at radius 1 is 0.900 bits per heavy atom. The molecule has 0 fully saturated rings. The second-order valence-corrected chi connectivity index (χ2v) is 9.64. The Balaban J connectivity index is 2.07. The van der Waals surface area contributed by atoms with Crippen LogP contribution in [-0.4, -0.2) is 22.3 Å². The van der Waals surface area contributed by atoms with E-state index in [-0.39, 0.29) is 20.2 Å². The van der Waals surface area contributed by atoms with Crippen molar-refractivity contribution in [2.24, 2.45) is 0 Å². The highest BCUT2D eigenvalue weighted by Gasteiger charge is 2.73. The summed E-state index contributed by atoms with van der Waals surface area (Å²) in [5.41, 5.74) is 0.885. The minimum Gasteiger partial charge on any atom is -0.236 e. The van der Waals surface area contributed by atoms with E-state index in [4.69, 9.17) is 0 Å². The molecule has 1 aromatic heterocycles. The van der Waals surface area contributed by atoms with Crippen LogP contribution in [0.2, 0.25) is 0 Å². The van der Waals surface area contributed by atoms with Gasteiger partial charge in [-0.05, 0) is 23.9 Å². The number of hydrogen-bond donors (Lipinski definition) is 0. The first-order valence-corrected chi connectivity index (χ1v) is 11.1. The van der Waals surface area contributed by atoms with Crippen molar-refractivity contribution >= 4 is 55.0 Å². The van der Waals surface area contributed by atoms with Crippen molar-refractivity contribution in [3.8, 4) is 21.8 Å². The monoisotopic (exact) mass is 593 g/mol. The van der Waals surface area contributed by atoms with Gasteiger partial charge in [0.05, 0.1) is 5.69 Å². The predicted molar refractivity (Wildman–Crippen MR) is 110 cm³/mol. The molecule has 0 saturated carbocycles. The molecule has 0 atom stereocenters. The van der Waals surface area contributed by atoms with Crippen LogP contribution in [0.25, 0.3) is 21.8 Å². The van der Waals surface area contributed by atoms with Gasteiger partial charge in [-0.2, -0.15) is 30.7 Å². The third kappa shape index (κ3) is 4.56. The van der Waals surface area contributed by atoms with E-state index in [1.807, 2.05) is 0 Å². The second kappa shape index (κ2) is 8.44. The Morgan fingerprint density at radius 2 is 1.53 bits per heavy atom. The number of aromatic nitrogens is 1. The molecule has 0 N–H and O–H groups in total. The summed E-state index contributed by atoms with van der Waals surface area (Å²) >= 11 is 6.52. The van der Waals surface area contributed by atoms with Crippen LogP contribution in [0.5, 0.6) is 0 Å². The molecule has 3 rings (SSSR count). The zero-order chi connectivity index (χ0) is 22.3. The molecule has 0 amide bonds. The van der Waals surface area contributed by atoms with Crippen molar-refractivity contribution in [1.29, 1.82) is 0 Å². The van der Waals surface area contributed by atoms with Crippen LogP contribution in [0.15, 0.2) is 61.7 Å². The van der Waals surface area contributed by atoms with Crippen LogP contribution >= 0.6 is 55.0 Å². The van der Waals surface area contributed by atoms with Gasteiger partial charge in [-0.3, -0.25) is 0 Å². The maximum atomic E-state index is 14.1. The number of alkyl halides is 7. The summed E-state index contributed by atoms with van der Waals surface area (Å²) < 4.78 is 93.0. The number of benzene rings is 2. The van der Waals surface area contributed by atoms with Crippen molar-refractivity contribution in [3.05, 3.63) is 56.8 Å². The average molecular weight is 595 g/mol. The van der Waals surface area contributed by atoms with Crippen molar-refractivity contribution in [1.82, 2.24) is 4.98 Å². The lowest BCUT2D eigenvalue weighted by Gasteiger charge is -2.28. The lowest BCUT2D eigenvalue weighted by Crippen LogP contribution is -2.49. The van der Waals surface area contributed by atoms with Crippen LogP contribution in [0.1, 0.15) is 0 Å². The molecule has 30 heavy (non-hydrogen) atoms. The van der Waals surface area contributed by atoms with E-state index in [2.05, 4.69) is 36.8 Å². The summed E-state index contributed by atoms with van der Waals surface area (Å²) in [4.78, 5) is 3.86. The van der Waals surface area contributed by atoms with E-state index < -0.39 is 34.0 Å². The highest BCUT2D eigenvalue weighted by Crippen LogP contribution is 2.56. The molecule has 0 radical (unpaired) electrons. The Morgan fingerprint density at radius 3 is 2.13 bits per heavy atom. The van der Waals surface area contributed by atoms with Gasteiger partial charge >= 0.3 is 17.4 Å². The molecule has 2 aromatic carbocycles. The molecule has 1 nitrogen and oxygen atoms in total. The van der Waals surface area contributed by atoms with Crippen molar-refractivity contribution in [2.75, 3.05) is 0 Å². The topological polar surface area (TPSA) is 12.9 Å². The summed E-state index contributed by atoms with van der Waals surface area (Å²) in [7, 11) is 0. The van der Waals surface area contributed by atoms with Gasteiger partial charge in [0, 0.05) is 30.3 Å². The van der Waals surface area contributed by atoms with Crippen LogP contribution in [0, 0.1) is 0 Å². The maximum absolute atomic E-state index is 14.1. The lowest BCUT2D eigenvalue weighted by atomic mass is 10.2. The summed E-state index contributed by atoms with van der Waals surface area (Å²) in [6, 6.07) is 11.4. The van der Waals surface area contributed by atoms with E-state index >= 15 is 0 Å². The zero-order valence-corrected chi connectivity index (χ0v) is 19.1. The van der Waals surface area contributed by atoms with Gasteiger partial charge in [0.2, 0.25) is 0 Å². The minimum atomic E-state index is -6.41. The Bertz CT molecular complexity index is 1050. The Hall–Kier alpha value is -1.11. The van der Waals surface area contributed by atoms with Gasteiger partial charge in [-0.25, -0.2) is 4.98 Å². The molecule has 0 aliphatic heterocycles. The first-order chi connectivity index (χ1) is 13.8. The number of thiazole rings is 1. The highest BCUT2D eigenvalue weighted by atomic mass is 79.9. The van der Waals surface area contributed by atoms with Gasteiger partial charge in [-0.15, -0.1) is 11.3 Å². The van der Waals surface area contributed by atoms with E-state index in [1.165, 1.54) is 22.8 Å². The fraction of sp³-hybridized carbons (Fsp3) is 0.167. The maximum Gasteiger partial charge on any atom is 0.460 e. The summed E-state index contributed by atoms with van der Waals surface area (Å²) in [5.74, 6) is -6.23. The SMILES string of the molecule is FC(F)(F)C(F)(F)C(F)(F)Sc1cc(Br)cc(Br)c1-c1csc(-c2ccccc2)n1. The fourth-order valence-corrected chi connectivity index (χ4v) is 5.90. The van der Waals surface area contributed by atoms with Crippen LogP contribution < -0.4 is 0 Å². The summed E-state index contributed by atoms with van der Waals surface area (Å²) in [6.07, 6.45) is -6.41. The van der Waals surface area contributed by atoms with E-state index in [1.54, 1.807) is 30.3 Å². The molecule has 12 heteroatoms. The van der Waals surface area contributed by atoms with Crippen LogP contribution in [0.4, 0.5) is 30.7 Å². The van der Waals surface area contributed by atoms with Gasteiger partial charge < -0.3 is 0 Å². The molecule has 1 heterocycles. The summed E-state index contributed by atoms with van der Waals surface area (Å²) in [6.45, 7) is 0. The molecular weight excluding hydrogens is 587 g/mol.